The Morgan fingerprint density at radius 3 is 1.93 bits per heavy atom. The quantitative estimate of drug-likeness (QED) is 0.0747. The van der Waals surface area contributed by atoms with Crippen LogP contribution in [0.4, 0.5) is 4.53 Å². The summed E-state index contributed by atoms with van der Waals surface area (Å²) in [5.41, 5.74) is 6.90. The molecule has 8 rings (SSSR count). The summed E-state index contributed by atoms with van der Waals surface area (Å²) in [5.74, 6) is -0.419. The predicted octanol–water partition coefficient (Wildman–Crippen LogP) is 12.2. The average molecular weight is 1160 g/mol. The van der Waals surface area contributed by atoms with E-state index in [0.717, 1.165) is 49.3 Å². The first-order valence-corrected chi connectivity index (χ1v) is 24.7. The van der Waals surface area contributed by atoms with Crippen molar-refractivity contribution in [3.05, 3.63) is 134 Å². The SMILES string of the molecule is C1=Cc2ccccc2C1.CC(=O)C1=CCc2ccc(Br)cc21.CC(=O)c1cn(CC(=O)OC(C)(C)C)c2ccc(Br)cc12.CC(C)(C)OC(=O)CBr.CC1(C)OB(c2ccnnc2)OC1(C)C.OF.[2H]C. The summed E-state index contributed by atoms with van der Waals surface area (Å²) in [6.45, 7) is 22.4. The zero-order valence-corrected chi connectivity index (χ0v) is 47.0. The lowest BCUT2D eigenvalue weighted by atomic mass is 9.81. The van der Waals surface area contributed by atoms with Gasteiger partial charge >= 0.3 is 19.1 Å². The normalized spacial score (nSPS) is 14.4. The van der Waals surface area contributed by atoms with Crippen molar-refractivity contribution in [2.75, 3.05) is 5.33 Å². The molecule has 0 saturated carbocycles. The van der Waals surface area contributed by atoms with Crippen LogP contribution in [-0.4, -0.2) is 78.4 Å². The van der Waals surface area contributed by atoms with Crippen LogP contribution >= 0.6 is 47.8 Å². The highest BCUT2D eigenvalue weighted by Gasteiger charge is 2.51. The number of halogens is 4. The van der Waals surface area contributed by atoms with E-state index in [1.807, 2.05) is 112 Å². The van der Waals surface area contributed by atoms with Gasteiger partial charge < -0.3 is 23.3 Å². The molecule has 0 radical (unpaired) electrons. The fourth-order valence-corrected chi connectivity index (χ4v) is 7.65. The van der Waals surface area contributed by atoms with Gasteiger partial charge in [-0.1, -0.05) is 108 Å². The third kappa shape index (κ3) is 18.8. The fourth-order valence-electron chi connectivity index (χ4n) is 6.81. The zero-order chi connectivity index (χ0) is 53.9. The van der Waals surface area contributed by atoms with E-state index in [2.05, 4.69) is 100 Å². The highest BCUT2D eigenvalue weighted by Crippen LogP contribution is 2.36. The fraction of sp³-hybridized carbons (Fsp3) is 0.396. The van der Waals surface area contributed by atoms with E-state index < -0.39 is 5.60 Å². The molecule has 1 fully saturated rings. The first kappa shape index (κ1) is 59.7. The minimum atomic E-state index is -0.521. The minimum absolute atomic E-state index is 0.0268. The van der Waals surface area contributed by atoms with Crippen LogP contribution < -0.4 is 5.46 Å². The molecular weight excluding hydrogens is 1090 g/mol. The number of rotatable bonds is 6. The average Bonchev–Trinajstić information content (AvgIpc) is 4.08. The van der Waals surface area contributed by atoms with Gasteiger partial charge in [0.05, 0.1) is 11.2 Å². The van der Waals surface area contributed by atoms with Gasteiger partial charge in [0.25, 0.3) is 0 Å². The molecule has 0 spiro atoms. The van der Waals surface area contributed by atoms with Gasteiger partial charge in [-0.2, -0.15) is 10.2 Å². The Kier molecular flexibility index (Phi) is 23.2. The van der Waals surface area contributed by atoms with Gasteiger partial charge in [0.2, 0.25) is 0 Å². The van der Waals surface area contributed by atoms with E-state index in [9.17, 15) is 19.2 Å². The van der Waals surface area contributed by atoms with E-state index in [-0.39, 0.29) is 59.3 Å². The van der Waals surface area contributed by atoms with Crippen LogP contribution in [0.15, 0.2) is 106 Å². The summed E-state index contributed by atoms with van der Waals surface area (Å²) in [4.78, 5) is 45.5. The number of ketones is 2. The molecule has 1 saturated heterocycles. The molecule has 3 aromatic carbocycles. The summed E-state index contributed by atoms with van der Waals surface area (Å²) < 4.78 is 39.9. The number of allylic oxidation sites excluding steroid dienone is 3. The van der Waals surface area contributed by atoms with Crippen LogP contribution in [0, 0.1) is 0 Å². The number of hydrogen-bond acceptors (Lipinski definition) is 11. The number of benzene rings is 3. The number of ether oxygens (including phenoxy) is 2. The largest absolute Gasteiger partial charge is 0.496 e. The van der Waals surface area contributed by atoms with E-state index in [1.165, 1.54) is 31.0 Å². The van der Waals surface area contributed by atoms with Crippen LogP contribution in [0.2, 0.25) is 0 Å². The monoisotopic (exact) mass is 1160 g/mol. The molecular formula is C53H66BBr3FN3O9. The van der Waals surface area contributed by atoms with E-state index in [0.29, 0.717) is 5.56 Å². The molecule has 5 aromatic rings. The van der Waals surface area contributed by atoms with Crippen molar-refractivity contribution < 1.29 is 49.2 Å². The smallest absolute Gasteiger partial charge is 0.459 e. The van der Waals surface area contributed by atoms with Crippen molar-refractivity contribution in [2.45, 2.75) is 132 Å². The molecule has 0 bridgehead atoms. The van der Waals surface area contributed by atoms with Crippen LogP contribution in [-0.2, 0) is 52.6 Å². The molecule has 2 aliphatic carbocycles. The standard InChI is InChI=1S/C16H18BrNO3.C11H9BrO.C10H15BN2O2.C9H8.C6H11BrO2.CH4.FHO/c1-10(19)13-8-18(9-15(20)21-16(2,3)4)14-6-5-11(17)7-12(13)14;1-7(13)10-5-3-8-2-4-9(12)6-11(8)10;1-9(2)10(3,4)15-11(14-9)8-5-6-12-13-7-8;1-2-5-9-7-3-6-8(9)4-1;1-6(2,3)9-5(8)4-7;;1-2/h5-8H,9H2,1-4H3;2,4-6H,3H2,1H3;5-7H,1-4H3;1-6H,7H2;4H2,1-3H3;1H4;2H/i;;;;;1D;. The van der Waals surface area contributed by atoms with Crippen molar-refractivity contribution in [2.24, 2.45) is 0 Å². The van der Waals surface area contributed by atoms with Gasteiger partial charge in [0.15, 0.2) is 11.6 Å². The Labute approximate surface area is 439 Å². The maximum atomic E-state index is 12.0. The second-order valence-corrected chi connectivity index (χ2v) is 21.3. The number of nitrogens with zero attached hydrogens (tertiary/aromatic N) is 3. The molecule has 1 N–H and O–H groups in total. The first-order chi connectivity index (χ1) is 33.2. The lowest BCUT2D eigenvalue weighted by molar-refractivity contribution is -0.155. The van der Waals surface area contributed by atoms with Gasteiger partial charge in [-0.25, -0.2) is 5.31 Å². The molecule has 3 aliphatic rings. The molecule has 378 valence electrons. The van der Waals surface area contributed by atoms with Gasteiger partial charge in [0.1, 0.15) is 23.1 Å². The number of fused-ring (bicyclic) bond motifs is 3. The van der Waals surface area contributed by atoms with Crippen LogP contribution in [0.5, 0.6) is 0 Å². The van der Waals surface area contributed by atoms with Gasteiger partial charge in [-0.15, -0.1) is 0 Å². The topological polar surface area (TPSA) is 156 Å². The molecule has 17 heteroatoms. The number of carbonyl (C=O) groups is 4. The summed E-state index contributed by atoms with van der Waals surface area (Å²) >= 11 is 9.80. The summed E-state index contributed by atoms with van der Waals surface area (Å²) in [7, 11) is 0.908. The lowest BCUT2D eigenvalue weighted by Gasteiger charge is -2.32. The highest BCUT2D eigenvalue weighted by molar-refractivity contribution is 9.10. The highest BCUT2D eigenvalue weighted by atomic mass is 79.9. The zero-order valence-electron chi connectivity index (χ0n) is 43.3. The number of carbonyl (C=O) groups excluding carboxylic acids is 4. The molecule has 0 atom stereocenters. The summed E-state index contributed by atoms with van der Waals surface area (Å²) in [6, 6.07) is 22.1. The number of hydrogen-bond donors (Lipinski definition) is 1. The maximum absolute atomic E-state index is 12.0. The summed E-state index contributed by atoms with van der Waals surface area (Å²) in [5, 5.41) is 14.1. The molecule has 1 aliphatic heterocycles. The molecule has 3 heterocycles. The molecule has 0 unspecified atom stereocenters. The van der Waals surface area contributed by atoms with Crippen molar-refractivity contribution in [1.82, 2.24) is 14.8 Å². The van der Waals surface area contributed by atoms with Crippen molar-refractivity contribution in [1.29, 1.82) is 0 Å². The van der Waals surface area contributed by atoms with E-state index in [1.54, 1.807) is 30.1 Å². The lowest BCUT2D eigenvalue weighted by Crippen LogP contribution is -2.41. The Morgan fingerprint density at radius 2 is 1.40 bits per heavy atom. The molecule has 0 amide bonds. The second-order valence-electron chi connectivity index (χ2n) is 18.9. The van der Waals surface area contributed by atoms with Gasteiger partial charge in [0, 0.05) is 56.4 Å². The Morgan fingerprint density at radius 1 is 0.814 bits per heavy atom. The molecule has 70 heavy (non-hydrogen) atoms. The van der Waals surface area contributed by atoms with Crippen LogP contribution in [0.25, 0.3) is 22.6 Å². The Hall–Kier alpha value is -4.65. The minimum Gasteiger partial charge on any atom is -0.459 e. The molecule has 2 aromatic heterocycles. The number of esters is 2. The predicted molar refractivity (Wildman–Crippen MR) is 289 cm³/mol. The third-order valence-electron chi connectivity index (χ3n) is 10.6. The Bertz CT molecular complexity index is 2610. The third-order valence-corrected chi connectivity index (χ3v) is 12.0. The van der Waals surface area contributed by atoms with Gasteiger partial charge in [-0.05, 0) is 155 Å². The van der Waals surface area contributed by atoms with Crippen molar-refractivity contribution in [3.63, 3.8) is 0 Å². The number of Topliss-reactive ketones (excluding diaryl/α,β-unsaturated/α-hetero) is 2. The van der Waals surface area contributed by atoms with Crippen molar-refractivity contribution >= 4 is 106 Å². The maximum Gasteiger partial charge on any atom is 0.496 e. The number of alkyl halides is 1. The van der Waals surface area contributed by atoms with E-state index in [4.69, 9.17) is 30.0 Å². The van der Waals surface area contributed by atoms with Crippen molar-refractivity contribution in [3.8, 4) is 0 Å². The van der Waals surface area contributed by atoms with E-state index >= 15 is 0 Å². The Balaban J connectivity index is 0.000000309. The second kappa shape index (κ2) is 27.3. The number of aromatic nitrogens is 3. The van der Waals surface area contributed by atoms with Crippen LogP contribution in [0.1, 0.15) is 124 Å². The molecule has 12 nitrogen and oxygen atoms in total. The summed E-state index contributed by atoms with van der Waals surface area (Å²) in [6.07, 6.45) is 13.4. The first-order valence-electron chi connectivity index (χ1n) is 23.0. The van der Waals surface area contributed by atoms with Crippen LogP contribution in [0.3, 0.4) is 0 Å². The van der Waals surface area contributed by atoms with Gasteiger partial charge in [-0.3, -0.25) is 19.2 Å².